The van der Waals surface area contributed by atoms with Gasteiger partial charge in [-0.3, -0.25) is 4.79 Å². The van der Waals surface area contributed by atoms with Crippen molar-refractivity contribution in [2.45, 2.75) is 57.7 Å². The molecule has 0 saturated carbocycles. The third-order valence-corrected chi connectivity index (χ3v) is 9.21. The van der Waals surface area contributed by atoms with E-state index in [0.717, 1.165) is 90.5 Å². The van der Waals surface area contributed by atoms with E-state index in [2.05, 4.69) is 0 Å². The smallest absolute Gasteiger partial charge is 0.343 e. The Morgan fingerprint density at radius 1 is 0.620 bits per heavy atom. The van der Waals surface area contributed by atoms with E-state index in [4.69, 9.17) is 23.7 Å². The highest BCUT2D eigenvalue weighted by Crippen LogP contribution is 2.27. The molecule has 0 N–H and O–H groups in total. The van der Waals surface area contributed by atoms with Crippen LogP contribution in [0.4, 0.5) is 5.69 Å². The van der Waals surface area contributed by atoms with Crippen LogP contribution in [0.2, 0.25) is 0 Å². The fraction of sp³-hybridized carbons (Fsp3) is 0.333. The maximum atomic E-state index is 13.6. The fourth-order valence-corrected chi connectivity index (χ4v) is 6.14. The van der Waals surface area contributed by atoms with Gasteiger partial charge in [-0.05, 0) is 140 Å². The zero-order valence-corrected chi connectivity index (χ0v) is 28.5. The van der Waals surface area contributed by atoms with Gasteiger partial charge in [0.05, 0.1) is 44.2 Å². The summed E-state index contributed by atoms with van der Waals surface area (Å²) in [5, 5.41) is 3.91. The third kappa shape index (κ3) is 8.80. The van der Waals surface area contributed by atoms with E-state index >= 15 is 0 Å². The number of benzene rings is 5. The summed E-state index contributed by atoms with van der Waals surface area (Å²) in [4.78, 5) is 28.4. The highest BCUT2D eigenvalue weighted by atomic mass is 16.6. The summed E-state index contributed by atoms with van der Waals surface area (Å²) in [6.45, 7) is 5.57. The number of fused-ring (bicyclic) bond motifs is 2. The molecule has 8 nitrogen and oxygen atoms in total. The molecule has 50 heavy (non-hydrogen) atoms. The molecule has 0 radical (unpaired) electrons. The van der Waals surface area contributed by atoms with E-state index < -0.39 is 5.97 Å². The van der Waals surface area contributed by atoms with Crippen molar-refractivity contribution in [2.75, 3.05) is 37.9 Å². The van der Waals surface area contributed by atoms with Crippen LogP contribution in [0.15, 0.2) is 97.1 Å². The van der Waals surface area contributed by atoms with Gasteiger partial charge >= 0.3 is 5.97 Å². The van der Waals surface area contributed by atoms with E-state index in [9.17, 15) is 9.59 Å². The second-order valence-electron chi connectivity index (χ2n) is 13.0. The number of unbranched alkanes of at least 4 members (excludes halogenated alkanes) is 2. The van der Waals surface area contributed by atoms with Gasteiger partial charge in [0.1, 0.15) is 17.2 Å². The van der Waals surface area contributed by atoms with E-state index in [0.29, 0.717) is 48.8 Å². The van der Waals surface area contributed by atoms with E-state index in [1.807, 2.05) is 73.7 Å². The molecule has 2 atom stereocenters. The van der Waals surface area contributed by atoms with Crippen LogP contribution in [0.1, 0.15) is 66.2 Å². The lowest BCUT2D eigenvalue weighted by Crippen LogP contribution is -2.30. The number of anilines is 1. The van der Waals surface area contributed by atoms with Crippen molar-refractivity contribution in [3.05, 3.63) is 108 Å². The minimum atomic E-state index is -0.448. The van der Waals surface area contributed by atoms with Crippen molar-refractivity contribution in [2.24, 2.45) is 0 Å². The Morgan fingerprint density at radius 3 is 1.64 bits per heavy atom. The molecule has 7 rings (SSSR count). The van der Waals surface area contributed by atoms with Gasteiger partial charge in [0.15, 0.2) is 0 Å². The minimum absolute atomic E-state index is 0.104. The Labute approximate surface area is 292 Å². The quantitative estimate of drug-likeness (QED) is 0.0422. The van der Waals surface area contributed by atoms with Gasteiger partial charge in [-0.2, -0.15) is 0 Å². The van der Waals surface area contributed by atoms with Crippen LogP contribution < -0.4 is 19.1 Å². The molecule has 8 heteroatoms. The Morgan fingerprint density at radius 2 is 1.10 bits per heavy atom. The highest BCUT2D eigenvalue weighted by molar-refractivity contribution is 6.08. The number of ether oxygens (including phenoxy) is 5. The van der Waals surface area contributed by atoms with Crippen molar-refractivity contribution >= 4 is 39.1 Å². The highest BCUT2D eigenvalue weighted by Gasteiger charge is 2.22. The molecule has 0 aliphatic carbocycles. The number of carbonyl (C=O) groups excluding carboxylic acids is 2. The lowest BCUT2D eigenvalue weighted by atomic mass is 10.1. The standard InChI is InChI=1S/C42H43NO7/c1-2-43(41(44)33-11-9-31-25-37(17-13-29(31)23-33)46-21-5-3-7-39-27-48-39)35-15-19-36(20-16-35)50-42(45)34-12-10-32-26-38(18-14-30(32)24-34)47-22-6-4-8-40-28-49-40/h9-20,23-26,39-40H,2-8,21-22,27-28H2,1H3. The van der Waals surface area contributed by atoms with Gasteiger partial charge in [0, 0.05) is 17.8 Å². The number of hydrogen-bond acceptors (Lipinski definition) is 7. The average molecular weight is 674 g/mol. The molecule has 0 aromatic heterocycles. The molecular weight excluding hydrogens is 630 g/mol. The summed E-state index contributed by atoms with van der Waals surface area (Å²) in [6.07, 6.45) is 7.33. The van der Waals surface area contributed by atoms with E-state index in [1.165, 1.54) is 0 Å². The van der Waals surface area contributed by atoms with Crippen LogP contribution in [-0.4, -0.2) is 57.1 Å². The normalized spacial score (nSPS) is 16.3. The second-order valence-corrected chi connectivity index (χ2v) is 13.0. The third-order valence-electron chi connectivity index (χ3n) is 9.21. The Bertz CT molecular complexity index is 1950. The van der Waals surface area contributed by atoms with Gasteiger partial charge in [0.2, 0.25) is 0 Å². The molecule has 2 heterocycles. The molecule has 2 saturated heterocycles. The fourth-order valence-electron chi connectivity index (χ4n) is 6.14. The van der Waals surface area contributed by atoms with Gasteiger partial charge in [-0.1, -0.05) is 24.3 Å². The predicted molar refractivity (Wildman–Crippen MR) is 195 cm³/mol. The van der Waals surface area contributed by atoms with Crippen LogP contribution >= 0.6 is 0 Å². The molecule has 2 fully saturated rings. The molecule has 0 spiro atoms. The van der Waals surface area contributed by atoms with Gasteiger partial charge in [-0.25, -0.2) is 4.79 Å². The van der Waals surface area contributed by atoms with Crippen LogP contribution in [0.5, 0.6) is 17.2 Å². The van der Waals surface area contributed by atoms with Crippen LogP contribution in [0, 0.1) is 0 Å². The summed E-state index contributed by atoms with van der Waals surface area (Å²) >= 11 is 0. The number of nitrogens with zero attached hydrogens (tertiary/aromatic N) is 1. The summed E-state index contributed by atoms with van der Waals surface area (Å²) in [5.41, 5.74) is 1.77. The van der Waals surface area contributed by atoms with Crippen LogP contribution in [0.3, 0.4) is 0 Å². The predicted octanol–water partition coefficient (Wildman–Crippen LogP) is 8.77. The van der Waals surface area contributed by atoms with Crippen LogP contribution in [0.25, 0.3) is 21.5 Å². The molecule has 2 aliphatic heterocycles. The Hall–Kier alpha value is -4.92. The largest absolute Gasteiger partial charge is 0.494 e. The second kappa shape index (κ2) is 15.7. The first-order valence-corrected chi connectivity index (χ1v) is 17.7. The molecule has 0 bridgehead atoms. The van der Waals surface area contributed by atoms with Gasteiger partial charge in [0.25, 0.3) is 5.91 Å². The molecular formula is C42H43NO7. The average Bonchev–Trinajstić information content (AvgIpc) is 4.09. The van der Waals surface area contributed by atoms with E-state index in [-0.39, 0.29) is 5.91 Å². The monoisotopic (exact) mass is 673 g/mol. The lowest BCUT2D eigenvalue weighted by molar-refractivity contribution is 0.0734. The zero-order valence-electron chi connectivity index (χ0n) is 28.5. The number of carbonyl (C=O) groups is 2. The van der Waals surface area contributed by atoms with Crippen molar-refractivity contribution in [3.63, 3.8) is 0 Å². The first-order chi connectivity index (χ1) is 24.5. The topological polar surface area (TPSA) is 90.1 Å². The number of hydrogen-bond donors (Lipinski definition) is 0. The maximum absolute atomic E-state index is 13.6. The number of esters is 1. The summed E-state index contributed by atoms with van der Waals surface area (Å²) < 4.78 is 28.1. The zero-order chi connectivity index (χ0) is 34.3. The number of rotatable bonds is 17. The minimum Gasteiger partial charge on any atom is -0.494 e. The molecule has 258 valence electrons. The molecule has 2 unspecified atom stereocenters. The molecule has 1 amide bonds. The molecule has 5 aromatic rings. The first-order valence-electron chi connectivity index (χ1n) is 17.7. The molecule has 5 aromatic carbocycles. The van der Waals surface area contributed by atoms with Gasteiger partial charge < -0.3 is 28.6 Å². The number of amides is 1. The summed E-state index contributed by atoms with van der Waals surface area (Å²) in [6, 6.07) is 30.1. The molecule has 2 aliphatic rings. The Balaban J connectivity index is 0.928. The summed E-state index contributed by atoms with van der Waals surface area (Å²) in [7, 11) is 0. The number of epoxide rings is 2. The van der Waals surface area contributed by atoms with Crippen LogP contribution in [-0.2, 0) is 9.47 Å². The lowest BCUT2D eigenvalue weighted by Gasteiger charge is -2.21. The Kier molecular flexibility index (Phi) is 10.6. The maximum Gasteiger partial charge on any atom is 0.343 e. The van der Waals surface area contributed by atoms with E-state index in [1.54, 1.807) is 35.2 Å². The van der Waals surface area contributed by atoms with Crippen molar-refractivity contribution < 1.29 is 33.3 Å². The summed E-state index contributed by atoms with van der Waals surface area (Å²) in [5.74, 6) is 1.50. The SMILES string of the molecule is CCN(C(=O)c1ccc2cc(OCCCCC3CO3)ccc2c1)c1ccc(OC(=O)c2ccc3cc(OCCCCC4CO4)ccc3c2)cc1. The van der Waals surface area contributed by atoms with Crippen molar-refractivity contribution in [1.82, 2.24) is 0 Å². The first kappa shape index (κ1) is 33.6. The van der Waals surface area contributed by atoms with Gasteiger partial charge in [-0.15, -0.1) is 0 Å². The van der Waals surface area contributed by atoms with Crippen molar-refractivity contribution in [1.29, 1.82) is 0 Å². The van der Waals surface area contributed by atoms with Crippen molar-refractivity contribution in [3.8, 4) is 17.2 Å².